The molecule has 0 saturated heterocycles. The van der Waals surface area contributed by atoms with E-state index < -0.39 is 0 Å². The van der Waals surface area contributed by atoms with Crippen molar-refractivity contribution in [1.29, 1.82) is 0 Å². The van der Waals surface area contributed by atoms with E-state index in [0.29, 0.717) is 12.1 Å². The van der Waals surface area contributed by atoms with Crippen molar-refractivity contribution in [2.45, 2.75) is 39.8 Å². The van der Waals surface area contributed by atoms with Crippen LogP contribution in [0.15, 0.2) is 12.8 Å². The summed E-state index contributed by atoms with van der Waals surface area (Å²) in [4.78, 5) is 4.61. The fraction of sp³-hybridized carbons (Fsp3) is 0.818. The van der Waals surface area contributed by atoms with Gasteiger partial charge in [0.2, 0.25) is 0 Å². The van der Waals surface area contributed by atoms with Gasteiger partial charge in [0.25, 0.3) is 0 Å². The minimum Gasteiger partial charge on any atom is -0.374 e. The van der Waals surface area contributed by atoms with Gasteiger partial charge < -0.3 is 9.80 Å². The fourth-order valence-corrected chi connectivity index (χ4v) is 1.09. The minimum atomic E-state index is 0.554. The molecule has 0 aromatic heterocycles. The van der Waals surface area contributed by atoms with Crippen molar-refractivity contribution < 1.29 is 0 Å². The van der Waals surface area contributed by atoms with Crippen LogP contribution in [0.25, 0.3) is 0 Å². The van der Waals surface area contributed by atoms with Gasteiger partial charge in [-0.05, 0) is 40.9 Å². The Morgan fingerprint density at radius 3 is 1.92 bits per heavy atom. The van der Waals surface area contributed by atoms with Gasteiger partial charge in [-0.15, -0.1) is 0 Å². The summed E-state index contributed by atoms with van der Waals surface area (Å²) >= 11 is 0. The topological polar surface area (TPSA) is 6.48 Å². The van der Waals surface area contributed by atoms with Crippen molar-refractivity contribution in [1.82, 2.24) is 9.80 Å². The molecule has 13 heavy (non-hydrogen) atoms. The first-order valence-electron chi connectivity index (χ1n) is 5.07. The lowest BCUT2D eigenvalue weighted by molar-refractivity contribution is 0.218. The van der Waals surface area contributed by atoms with Crippen molar-refractivity contribution in [2.75, 3.05) is 20.1 Å². The maximum atomic E-state index is 3.81. The quantitative estimate of drug-likeness (QED) is 0.624. The van der Waals surface area contributed by atoms with E-state index in [4.69, 9.17) is 0 Å². The highest BCUT2D eigenvalue weighted by Crippen LogP contribution is 2.00. The molecule has 0 aromatic carbocycles. The van der Waals surface area contributed by atoms with Gasteiger partial charge in [-0.1, -0.05) is 6.58 Å². The molecule has 0 unspecified atom stereocenters. The number of rotatable bonds is 6. The summed E-state index contributed by atoms with van der Waals surface area (Å²) in [5.74, 6) is 0. The molecule has 0 spiro atoms. The van der Waals surface area contributed by atoms with Gasteiger partial charge >= 0.3 is 0 Å². The molecule has 78 valence electrons. The van der Waals surface area contributed by atoms with Crippen LogP contribution < -0.4 is 0 Å². The van der Waals surface area contributed by atoms with E-state index in [1.165, 1.54) is 0 Å². The van der Waals surface area contributed by atoms with Gasteiger partial charge in [0.1, 0.15) is 0 Å². The second-order valence-electron chi connectivity index (χ2n) is 4.09. The van der Waals surface area contributed by atoms with Gasteiger partial charge in [0.15, 0.2) is 0 Å². The Hall–Kier alpha value is -0.500. The predicted molar refractivity (Wildman–Crippen MR) is 59.8 cm³/mol. The van der Waals surface area contributed by atoms with Crippen LogP contribution >= 0.6 is 0 Å². The number of hydrogen-bond donors (Lipinski definition) is 0. The zero-order chi connectivity index (χ0) is 10.4. The fourth-order valence-electron chi connectivity index (χ4n) is 1.09. The standard InChI is InChI=1S/C11H24N2/c1-7-13(11(4)5)9-8-12(6)10(2)3/h7,10-11H,1,8-9H2,2-6H3. The van der Waals surface area contributed by atoms with Crippen LogP contribution in [0.2, 0.25) is 0 Å². The number of nitrogens with zero attached hydrogens (tertiary/aromatic N) is 2. The minimum absolute atomic E-state index is 0.554. The van der Waals surface area contributed by atoms with E-state index in [1.54, 1.807) is 0 Å². The summed E-state index contributed by atoms with van der Waals surface area (Å²) in [6, 6.07) is 1.18. The second kappa shape index (κ2) is 6.03. The van der Waals surface area contributed by atoms with Crippen molar-refractivity contribution in [3.05, 3.63) is 12.8 Å². The molecule has 0 radical (unpaired) electrons. The summed E-state index contributed by atoms with van der Waals surface area (Å²) < 4.78 is 0. The highest BCUT2D eigenvalue weighted by molar-refractivity contribution is 4.75. The summed E-state index contributed by atoms with van der Waals surface area (Å²) in [6.45, 7) is 14.8. The zero-order valence-electron chi connectivity index (χ0n) is 9.75. The molecule has 0 aliphatic carbocycles. The van der Waals surface area contributed by atoms with E-state index in [9.17, 15) is 0 Å². The summed E-state index contributed by atoms with van der Waals surface area (Å²) in [5, 5.41) is 0. The highest BCUT2D eigenvalue weighted by Gasteiger charge is 2.07. The Morgan fingerprint density at radius 2 is 1.62 bits per heavy atom. The number of likely N-dealkylation sites (N-methyl/N-ethyl adjacent to an activating group) is 1. The summed E-state index contributed by atoms with van der Waals surface area (Å²) in [7, 11) is 2.16. The molecule has 0 aliphatic rings. The van der Waals surface area contributed by atoms with Gasteiger partial charge in [-0.2, -0.15) is 0 Å². The van der Waals surface area contributed by atoms with Crippen LogP contribution in [0, 0.1) is 0 Å². The van der Waals surface area contributed by atoms with Gasteiger partial charge in [0, 0.05) is 25.2 Å². The van der Waals surface area contributed by atoms with Gasteiger partial charge in [-0.25, -0.2) is 0 Å². The van der Waals surface area contributed by atoms with Gasteiger partial charge in [-0.3, -0.25) is 0 Å². The Bertz CT molecular complexity index is 141. The van der Waals surface area contributed by atoms with Crippen LogP contribution in [0.5, 0.6) is 0 Å². The normalized spacial score (nSPS) is 11.4. The Balaban J connectivity index is 3.78. The molecule has 0 fully saturated rings. The smallest absolute Gasteiger partial charge is 0.0302 e. The molecule has 0 aromatic rings. The van der Waals surface area contributed by atoms with Crippen LogP contribution in [0.3, 0.4) is 0 Å². The maximum Gasteiger partial charge on any atom is 0.0302 e. The molecular weight excluding hydrogens is 160 g/mol. The SMILES string of the molecule is C=CN(CCN(C)C(C)C)C(C)C. The van der Waals surface area contributed by atoms with Crippen molar-refractivity contribution in [3.8, 4) is 0 Å². The molecule has 0 bridgehead atoms. The third kappa shape index (κ3) is 4.94. The van der Waals surface area contributed by atoms with E-state index in [0.717, 1.165) is 13.1 Å². The van der Waals surface area contributed by atoms with E-state index in [-0.39, 0.29) is 0 Å². The van der Waals surface area contributed by atoms with Crippen molar-refractivity contribution in [2.24, 2.45) is 0 Å². The first-order chi connectivity index (χ1) is 5.99. The molecule has 0 aliphatic heterocycles. The molecule has 0 amide bonds. The van der Waals surface area contributed by atoms with Gasteiger partial charge in [0.05, 0.1) is 0 Å². The lowest BCUT2D eigenvalue weighted by Gasteiger charge is -2.28. The van der Waals surface area contributed by atoms with Crippen LogP contribution in [0.4, 0.5) is 0 Å². The van der Waals surface area contributed by atoms with E-state index >= 15 is 0 Å². The van der Waals surface area contributed by atoms with E-state index in [2.05, 4.69) is 51.1 Å². The largest absolute Gasteiger partial charge is 0.374 e. The molecule has 2 heteroatoms. The highest BCUT2D eigenvalue weighted by atomic mass is 15.2. The van der Waals surface area contributed by atoms with Crippen LogP contribution in [-0.2, 0) is 0 Å². The Labute approximate surface area is 83.2 Å². The second-order valence-corrected chi connectivity index (χ2v) is 4.09. The summed E-state index contributed by atoms with van der Waals surface area (Å²) in [6.07, 6.45) is 1.93. The monoisotopic (exact) mass is 184 g/mol. The lowest BCUT2D eigenvalue weighted by Crippen LogP contribution is -2.36. The summed E-state index contributed by atoms with van der Waals surface area (Å²) in [5.41, 5.74) is 0. The van der Waals surface area contributed by atoms with Crippen LogP contribution in [-0.4, -0.2) is 42.0 Å². The lowest BCUT2D eigenvalue weighted by atomic mass is 10.3. The molecule has 0 N–H and O–H groups in total. The molecular formula is C11H24N2. The Morgan fingerprint density at radius 1 is 1.08 bits per heavy atom. The molecule has 0 atom stereocenters. The maximum absolute atomic E-state index is 3.81. The van der Waals surface area contributed by atoms with Crippen molar-refractivity contribution >= 4 is 0 Å². The first-order valence-corrected chi connectivity index (χ1v) is 5.07. The van der Waals surface area contributed by atoms with Crippen molar-refractivity contribution in [3.63, 3.8) is 0 Å². The third-order valence-corrected chi connectivity index (χ3v) is 2.49. The average molecular weight is 184 g/mol. The van der Waals surface area contributed by atoms with E-state index in [1.807, 2.05) is 6.20 Å². The first kappa shape index (κ1) is 12.5. The van der Waals surface area contributed by atoms with Crippen LogP contribution in [0.1, 0.15) is 27.7 Å². The predicted octanol–water partition coefficient (Wildman–Crippen LogP) is 2.18. The number of hydrogen-bond acceptors (Lipinski definition) is 2. The Kier molecular flexibility index (Phi) is 5.80. The average Bonchev–Trinajstić information content (AvgIpc) is 2.04. The molecule has 0 rings (SSSR count). The molecule has 0 heterocycles. The third-order valence-electron chi connectivity index (χ3n) is 2.49. The molecule has 0 saturated carbocycles. The zero-order valence-corrected chi connectivity index (χ0v) is 9.75. The molecule has 2 nitrogen and oxygen atoms in total.